The van der Waals surface area contributed by atoms with E-state index >= 15 is 0 Å². The number of hydrogen-bond acceptors (Lipinski definition) is 7. The molecular formula is C17H23O7S-. The number of carboxylic acids is 1. The van der Waals surface area contributed by atoms with Gasteiger partial charge < -0.3 is 24.1 Å². The van der Waals surface area contributed by atoms with Crippen molar-refractivity contribution in [1.82, 2.24) is 0 Å². The maximum atomic E-state index is 12.3. The smallest absolute Gasteiger partial charge is 0.151 e. The fourth-order valence-corrected chi connectivity index (χ4v) is 4.75. The zero-order chi connectivity index (χ0) is 18.3. The van der Waals surface area contributed by atoms with Gasteiger partial charge in [0.05, 0.1) is 25.2 Å². The van der Waals surface area contributed by atoms with Crippen molar-refractivity contribution in [2.45, 2.75) is 19.3 Å². The Labute approximate surface area is 147 Å². The first-order valence-corrected chi connectivity index (χ1v) is 9.95. The van der Waals surface area contributed by atoms with Crippen molar-refractivity contribution in [2.75, 3.05) is 38.4 Å². The van der Waals surface area contributed by atoms with Gasteiger partial charge in [-0.3, -0.25) is 0 Å². The lowest BCUT2D eigenvalue weighted by molar-refractivity contribution is -0.321. The summed E-state index contributed by atoms with van der Waals surface area (Å²) < 4.78 is 40.3. The lowest BCUT2D eigenvalue weighted by Gasteiger charge is -2.37. The zero-order valence-corrected chi connectivity index (χ0v) is 15.0. The number of carbonyl (C=O) groups is 1. The van der Waals surface area contributed by atoms with Gasteiger partial charge in [-0.2, -0.15) is 0 Å². The van der Waals surface area contributed by atoms with E-state index in [1.807, 2.05) is 0 Å². The van der Waals surface area contributed by atoms with Crippen LogP contribution in [0.1, 0.15) is 19.3 Å². The van der Waals surface area contributed by atoms with Crippen LogP contribution in [0.3, 0.4) is 0 Å². The number of hydrogen-bond donors (Lipinski definition) is 0. The number of ether oxygens (including phenoxy) is 3. The van der Waals surface area contributed by atoms with Crippen LogP contribution >= 0.6 is 0 Å². The molecule has 0 amide bonds. The molecule has 1 aromatic carbocycles. The van der Waals surface area contributed by atoms with Crippen LogP contribution in [-0.4, -0.2) is 52.8 Å². The summed E-state index contributed by atoms with van der Waals surface area (Å²) in [6.07, 6.45) is 0.613. The second-order valence-electron chi connectivity index (χ2n) is 6.15. The molecule has 0 bridgehead atoms. The Kier molecular flexibility index (Phi) is 6.66. The highest BCUT2D eigenvalue weighted by Gasteiger charge is 2.38. The fraction of sp³-hybridized carbons (Fsp3) is 0.588. The van der Waals surface area contributed by atoms with Crippen molar-refractivity contribution in [1.29, 1.82) is 0 Å². The average molecular weight is 371 g/mol. The molecule has 0 N–H and O–H groups in total. The van der Waals surface area contributed by atoms with E-state index in [0.717, 1.165) is 0 Å². The Morgan fingerprint density at radius 3 is 2.36 bits per heavy atom. The maximum absolute atomic E-state index is 12.3. The van der Waals surface area contributed by atoms with Gasteiger partial charge in [-0.25, -0.2) is 8.42 Å². The molecule has 1 aromatic rings. The summed E-state index contributed by atoms with van der Waals surface area (Å²) in [5.41, 5.74) is -1.34. The van der Waals surface area contributed by atoms with E-state index in [9.17, 15) is 18.3 Å². The number of carboxylic acid groups (broad SMARTS) is 1. The molecule has 0 spiro atoms. The second kappa shape index (κ2) is 8.53. The first kappa shape index (κ1) is 19.5. The minimum absolute atomic E-state index is 0.126. The van der Waals surface area contributed by atoms with Gasteiger partial charge >= 0.3 is 0 Å². The minimum atomic E-state index is -3.53. The van der Waals surface area contributed by atoms with E-state index in [-0.39, 0.29) is 44.8 Å². The molecule has 8 heteroatoms. The number of aliphatic carboxylic acids is 1. The highest BCUT2D eigenvalue weighted by Crippen LogP contribution is 2.32. The molecule has 2 rings (SSSR count). The van der Waals surface area contributed by atoms with Crippen molar-refractivity contribution in [3.05, 3.63) is 24.3 Å². The molecule has 1 aliphatic rings. The summed E-state index contributed by atoms with van der Waals surface area (Å²) in [7, 11) is -1.96. The molecule has 0 radical (unpaired) electrons. The summed E-state index contributed by atoms with van der Waals surface area (Å²) in [4.78, 5) is 11.5. The molecule has 1 fully saturated rings. The molecule has 7 nitrogen and oxygen atoms in total. The van der Waals surface area contributed by atoms with Crippen LogP contribution in [0.4, 0.5) is 0 Å². The number of benzene rings is 1. The standard InChI is InChI=1S/C17H24O7S/c1-22-14-3-5-15(6-4-14)24-9-2-12-25(20,21)13-17(16(18)19)7-10-23-11-8-17/h3-6H,2,7-13H2,1H3,(H,18,19)/p-1. The van der Waals surface area contributed by atoms with Gasteiger partial charge in [0, 0.05) is 24.6 Å². The average Bonchev–Trinajstić information content (AvgIpc) is 2.59. The first-order chi connectivity index (χ1) is 11.9. The summed E-state index contributed by atoms with van der Waals surface area (Å²) >= 11 is 0. The van der Waals surface area contributed by atoms with Gasteiger partial charge in [0.25, 0.3) is 0 Å². The molecule has 25 heavy (non-hydrogen) atoms. The largest absolute Gasteiger partial charge is 0.550 e. The Balaban J connectivity index is 1.82. The Morgan fingerprint density at radius 2 is 1.80 bits per heavy atom. The molecular weight excluding hydrogens is 348 g/mol. The van der Waals surface area contributed by atoms with Gasteiger partial charge in [-0.05, 0) is 43.5 Å². The molecule has 0 aromatic heterocycles. The van der Waals surface area contributed by atoms with Gasteiger partial charge in [0.15, 0.2) is 9.84 Å². The number of rotatable bonds is 9. The second-order valence-corrected chi connectivity index (χ2v) is 8.33. The van der Waals surface area contributed by atoms with Crippen molar-refractivity contribution in [2.24, 2.45) is 5.41 Å². The lowest BCUT2D eigenvalue weighted by Crippen LogP contribution is -2.50. The summed E-state index contributed by atoms with van der Waals surface area (Å²) in [5.74, 6) is -0.519. The number of methoxy groups -OCH3 is 1. The van der Waals surface area contributed by atoms with E-state index in [4.69, 9.17) is 14.2 Å². The Hall–Kier alpha value is -1.80. The lowest BCUT2D eigenvalue weighted by atomic mass is 9.82. The first-order valence-electron chi connectivity index (χ1n) is 8.13. The van der Waals surface area contributed by atoms with Crippen LogP contribution < -0.4 is 14.6 Å². The van der Waals surface area contributed by atoms with Gasteiger partial charge in [-0.15, -0.1) is 0 Å². The number of sulfone groups is 1. The van der Waals surface area contributed by atoms with Crippen LogP contribution in [0.2, 0.25) is 0 Å². The summed E-state index contributed by atoms with van der Waals surface area (Å²) in [5, 5.41) is 11.5. The maximum Gasteiger partial charge on any atom is 0.151 e. The van der Waals surface area contributed by atoms with E-state index in [0.29, 0.717) is 11.5 Å². The fourth-order valence-electron chi connectivity index (χ4n) is 2.80. The minimum Gasteiger partial charge on any atom is -0.550 e. The van der Waals surface area contributed by atoms with Gasteiger partial charge in [0.1, 0.15) is 11.5 Å². The number of carbonyl (C=O) groups excluding carboxylic acids is 1. The normalized spacial score (nSPS) is 17.0. The topological polar surface area (TPSA) is 102 Å². The van der Waals surface area contributed by atoms with Gasteiger partial charge in [0.2, 0.25) is 0 Å². The van der Waals surface area contributed by atoms with Crippen molar-refractivity contribution in [3.8, 4) is 11.5 Å². The Bertz CT molecular complexity index is 661. The van der Waals surface area contributed by atoms with Crippen LogP contribution in [0.15, 0.2) is 24.3 Å². The summed E-state index contributed by atoms with van der Waals surface area (Å²) in [6.45, 7) is 0.709. The van der Waals surface area contributed by atoms with E-state index in [1.54, 1.807) is 31.4 Å². The molecule has 1 heterocycles. The van der Waals surface area contributed by atoms with Crippen LogP contribution in [-0.2, 0) is 19.4 Å². The SMILES string of the molecule is COc1ccc(OCCCS(=O)(=O)CC2(C(=O)[O-])CCOCC2)cc1. The highest BCUT2D eigenvalue weighted by atomic mass is 32.2. The van der Waals surface area contributed by atoms with E-state index < -0.39 is 27.0 Å². The molecule has 1 saturated heterocycles. The van der Waals surface area contributed by atoms with Crippen molar-refractivity contribution in [3.63, 3.8) is 0 Å². The third kappa shape index (κ3) is 5.61. The molecule has 0 unspecified atom stereocenters. The van der Waals surface area contributed by atoms with Crippen LogP contribution in [0, 0.1) is 5.41 Å². The quantitative estimate of drug-likeness (QED) is 0.580. The molecule has 140 valence electrons. The molecule has 0 saturated carbocycles. The molecule has 0 aliphatic carbocycles. The highest BCUT2D eigenvalue weighted by molar-refractivity contribution is 7.91. The van der Waals surface area contributed by atoms with Gasteiger partial charge in [-0.1, -0.05) is 0 Å². The van der Waals surface area contributed by atoms with E-state index in [1.165, 1.54) is 0 Å². The van der Waals surface area contributed by atoms with Crippen molar-refractivity contribution < 1.29 is 32.5 Å². The molecule has 1 aliphatic heterocycles. The third-order valence-electron chi connectivity index (χ3n) is 4.31. The summed E-state index contributed by atoms with van der Waals surface area (Å²) in [6, 6.07) is 6.97. The van der Waals surface area contributed by atoms with Crippen molar-refractivity contribution >= 4 is 15.8 Å². The molecule has 0 atom stereocenters. The Morgan fingerprint density at radius 1 is 1.20 bits per heavy atom. The van der Waals surface area contributed by atoms with E-state index in [2.05, 4.69) is 0 Å². The zero-order valence-electron chi connectivity index (χ0n) is 14.2. The third-order valence-corrected chi connectivity index (χ3v) is 6.21. The monoisotopic (exact) mass is 371 g/mol. The predicted molar refractivity (Wildman–Crippen MR) is 89.3 cm³/mol. The predicted octanol–water partition coefficient (Wildman–Crippen LogP) is 0.426. The van der Waals surface area contributed by atoms with Crippen LogP contribution in [0.25, 0.3) is 0 Å². The van der Waals surface area contributed by atoms with Crippen LogP contribution in [0.5, 0.6) is 11.5 Å².